The van der Waals surface area contributed by atoms with E-state index in [9.17, 15) is 9.00 Å². The van der Waals surface area contributed by atoms with Gasteiger partial charge in [0, 0.05) is 19.1 Å². The highest BCUT2D eigenvalue weighted by atomic mass is 32.2. The normalized spacial score (nSPS) is 27.1. The molecule has 6 heteroatoms. The zero-order valence-corrected chi connectivity index (χ0v) is 14.0. The number of likely N-dealkylation sites (tertiary alicyclic amines) is 1. The number of rotatable bonds is 4. The minimum absolute atomic E-state index is 0.135. The van der Waals surface area contributed by atoms with Gasteiger partial charge < -0.3 is 10.0 Å². The van der Waals surface area contributed by atoms with Crippen molar-refractivity contribution in [2.24, 2.45) is 11.8 Å². The molecule has 118 valence electrons. The van der Waals surface area contributed by atoms with Crippen LogP contribution in [-0.2, 0) is 11.0 Å². The maximum absolute atomic E-state index is 12.2. The Hall–Kier alpha value is -0.620. The Balaban J connectivity index is 2.66. The summed E-state index contributed by atoms with van der Waals surface area (Å²) < 4.78 is 15.1. The first-order chi connectivity index (χ1) is 9.16. The molecule has 20 heavy (non-hydrogen) atoms. The van der Waals surface area contributed by atoms with Crippen molar-refractivity contribution < 1.29 is 14.1 Å². The highest BCUT2D eigenvalue weighted by Gasteiger charge is 2.35. The van der Waals surface area contributed by atoms with E-state index < -0.39 is 17.1 Å². The minimum atomic E-state index is -1.08. The molecule has 0 aromatic rings. The fraction of sp³-hybridized carbons (Fsp3) is 0.929. The van der Waals surface area contributed by atoms with Crippen molar-refractivity contribution >= 4 is 17.1 Å². The maximum Gasteiger partial charge on any atom is 0.407 e. The van der Waals surface area contributed by atoms with Gasteiger partial charge in [-0.15, -0.1) is 0 Å². The highest BCUT2D eigenvalue weighted by Crippen LogP contribution is 2.29. The first-order valence-electron chi connectivity index (χ1n) is 7.32. The largest absolute Gasteiger partial charge is 0.465 e. The average Bonchev–Trinajstić information content (AvgIpc) is 2.36. The zero-order chi connectivity index (χ0) is 15.5. The van der Waals surface area contributed by atoms with E-state index in [0.29, 0.717) is 24.9 Å². The van der Waals surface area contributed by atoms with E-state index in [1.54, 1.807) is 0 Å². The summed E-state index contributed by atoms with van der Waals surface area (Å²) in [5.74, 6) is 0.709. The lowest BCUT2D eigenvalue weighted by Crippen LogP contribution is -2.50. The van der Waals surface area contributed by atoms with Crippen LogP contribution < -0.4 is 4.72 Å². The minimum Gasteiger partial charge on any atom is -0.465 e. The van der Waals surface area contributed by atoms with Crippen molar-refractivity contribution in [2.75, 3.05) is 13.1 Å². The van der Waals surface area contributed by atoms with Gasteiger partial charge >= 0.3 is 6.09 Å². The number of amides is 1. The third-order valence-electron chi connectivity index (χ3n) is 4.08. The predicted octanol–water partition coefficient (Wildman–Crippen LogP) is 2.45. The highest BCUT2D eigenvalue weighted by molar-refractivity contribution is 7.84. The van der Waals surface area contributed by atoms with Gasteiger partial charge in [0.05, 0.1) is 15.7 Å². The van der Waals surface area contributed by atoms with E-state index in [2.05, 4.69) is 18.6 Å². The van der Waals surface area contributed by atoms with Crippen LogP contribution in [0.5, 0.6) is 0 Å². The molecule has 0 aliphatic carbocycles. The van der Waals surface area contributed by atoms with Crippen molar-refractivity contribution in [3.05, 3.63) is 0 Å². The molecule has 5 nitrogen and oxygen atoms in total. The van der Waals surface area contributed by atoms with Crippen LogP contribution in [0.15, 0.2) is 0 Å². The molecule has 1 fully saturated rings. The summed E-state index contributed by atoms with van der Waals surface area (Å²) >= 11 is 0. The van der Waals surface area contributed by atoms with E-state index >= 15 is 0 Å². The average molecular weight is 304 g/mol. The third-order valence-corrected chi connectivity index (χ3v) is 5.78. The SMILES string of the molecule is CC[C@@H]1CN(C(=O)O)CC[C@@H]1[C@H](C)NS(=O)C(C)(C)C. The van der Waals surface area contributed by atoms with Crippen LogP contribution in [0.2, 0.25) is 0 Å². The topological polar surface area (TPSA) is 69.6 Å². The van der Waals surface area contributed by atoms with E-state index in [4.69, 9.17) is 5.11 Å². The van der Waals surface area contributed by atoms with Gasteiger partial charge in [-0.2, -0.15) is 0 Å². The molecule has 1 unspecified atom stereocenters. The molecule has 4 atom stereocenters. The van der Waals surface area contributed by atoms with E-state index in [1.165, 1.54) is 4.90 Å². The van der Waals surface area contributed by atoms with Gasteiger partial charge in [-0.25, -0.2) is 13.7 Å². The van der Waals surface area contributed by atoms with Crippen LogP contribution in [0.25, 0.3) is 0 Å². The number of hydrogen-bond acceptors (Lipinski definition) is 2. The van der Waals surface area contributed by atoms with Crippen LogP contribution in [0.1, 0.15) is 47.5 Å². The van der Waals surface area contributed by atoms with Crippen molar-refractivity contribution in [1.82, 2.24) is 9.62 Å². The summed E-state index contributed by atoms with van der Waals surface area (Å²) in [6.45, 7) is 11.2. The van der Waals surface area contributed by atoms with E-state index in [1.807, 2.05) is 20.8 Å². The predicted molar refractivity (Wildman–Crippen MR) is 82.0 cm³/mol. The Morgan fingerprint density at radius 2 is 2.10 bits per heavy atom. The molecule has 1 amide bonds. The number of carboxylic acid groups (broad SMARTS) is 1. The smallest absolute Gasteiger partial charge is 0.407 e. The zero-order valence-electron chi connectivity index (χ0n) is 13.2. The summed E-state index contributed by atoms with van der Waals surface area (Å²) in [5, 5.41) is 9.09. The molecule has 1 rings (SSSR count). The van der Waals surface area contributed by atoms with Crippen molar-refractivity contribution in [3.8, 4) is 0 Å². The summed E-state index contributed by atoms with van der Waals surface area (Å²) in [5.41, 5.74) is 0. The second-order valence-corrected chi connectivity index (χ2v) is 8.63. The Bertz CT molecular complexity index is 368. The molecular formula is C14H28N2O3S. The Morgan fingerprint density at radius 1 is 1.50 bits per heavy atom. The van der Waals surface area contributed by atoms with Gasteiger partial charge in [-0.05, 0) is 46.0 Å². The van der Waals surface area contributed by atoms with Crippen LogP contribution in [0.3, 0.4) is 0 Å². The molecular weight excluding hydrogens is 276 g/mol. The molecule has 0 saturated carbocycles. The quantitative estimate of drug-likeness (QED) is 0.838. The Morgan fingerprint density at radius 3 is 2.55 bits per heavy atom. The molecule has 1 aliphatic heterocycles. The molecule has 0 radical (unpaired) electrons. The van der Waals surface area contributed by atoms with Crippen molar-refractivity contribution in [1.29, 1.82) is 0 Å². The van der Waals surface area contributed by atoms with Crippen LogP contribution in [0, 0.1) is 11.8 Å². The summed E-state index contributed by atoms with van der Waals surface area (Å²) in [6, 6.07) is 0.135. The molecule has 0 aromatic carbocycles. The summed E-state index contributed by atoms with van der Waals surface area (Å²) in [4.78, 5) is 12.6. The summed E-state index contributed by atoms with van der Waals surface area (Å²) in [6.07, 6.45) is 0.948. The van der Waals surface area contributed by atoms with Gasteiger partial charge in [-0.1, -0.05) is 13.3 Å². The first kappa shape index (κ1) is 17.4. The van der Waals surface area contributed by atoms with Crippen LogP contribution in [0.4, 0.5) is 4.79 Å². The number of hydrogen-bond donors (Lipinski definition) is 2. The Kier molecular flexibility index (Phi) is 6.01. The first-order valence-corrected chi connectivity index (χ1v) is 8.47. The van der Waals surface area contributed by atoms with E-state index in [0.717, 1.165) is 12.8 Å². The lowest BCUT2D eigenvalue weighted by Gasteiger charge is -2.40. The van der Waals surface area contributed by atoms with Crippen molar-refractivity contribution in [2.45, 2.75) is 58.2 Å². The van der Waals surface area contributed by atoms with Gasteiger partial charge in [0.2, 0.25) is 0 Å². The van der Waals surface area contributed by atoms with Gasteiger partial charge in [0.25, 0.3) is 0 Å². The maximum atomic E-state index is 12.2. The van der Waals surface area contributed by atoms with Gasteiger partial charge in [0.15, 0.2) is 0 Å². The number of carbonyl (C=O) groups is 1. The molecule has 2 N–H and O–H groups in total. The monoisotopic (exact) mass is 304 g/mol. The molecule has 1 aliphatic rings. The van der Waals surface area contributed by atoms with Gasteiger partial charge in [-0.3, -0.25) is 0 Å². The number of piperidine rings is 1. The van der Waals surface area contributed by atoms with Crippen LogP contribution in [-0.4, -0.2) is 44.2 Å². The van der Waals surface area contributed by atoms with Crippen molar-refractivity contribution in [3.63, 3.8) is 0 Å². The number of nitrogens with one attached hydrogen (secondary N) is 1. The standard InChI is InChI=1S/C14H28N2O3S/c1-6-11-9-16(13(17)18)8-7-12(11)10(2)15-20(19)14(3,4)5/h10-12,15H,6-9H2,1-5H3,(H,17,18)/t10-,11+,12+,20?/m0/s1. The lowest BCUT2D eigenvalue weighted by molar-refractivity contribution is 0.0861. The van der Waals surface area contributed by atoms with Crippen LogP contribution >= 0.6 is 0 Å². The lowest BCUT2D eigenvalue weighted by atomic mass is 9.80. The number of nitrogens with zero attached hydrogens (tertiary/aromatic N) is 1. The molecule has 0 aromatic heterocycles. The summed E-state index contributed by atoms with van der Waals surface area (Å²) in [7, 11) is -1.08. The third kappa shape index (κ3) is 4.45. The molecule has 0 bridgehead atoms. The molecule has 1 saturated heterocycles. The second-order valence-electron chi connectivity index (χ2n) is 6.64. The van der Waals surface area contributed by atoms with E-state index in [-0.39, 0.29) is 10.8 Å². The molecule has 1 heterocycles. The molecule has 0 spiro atoms. The Labute approximate surface area is 124 Å². The van der Waals surface area contributed by atoms with Gasteiger partial charge in [0.1, 0.15) is 0 Å². The fourth-order valence-corrected chi connectivity index (χ4v) is 3.61. The second kappa shape index (κ2) is 6.89. The fourth-order valence-electron chi connectivity index (χ4n) is 2.75.